The van der Waals surface area contributed by atoms with Crippen molar-refractivity contribution in [1.82, 2.24) is 19.9 Å². The highest BCUT2D eigenvalue weighted by Gasteiger charge is 2.25. The van der Waals surface area contributed by atoms with Crippen LogP contribution < -0.4 is 4.74 Å². The molecule has 1 saturated carbocycles. The summed E-state index contributed by atoms with van der Waals surface area (Å²) in [6.45, 7) is 4.60. The zero-order chi connectivity index (χ0) is 36.6. The second-order valence-corrected chi connectivity index (χ2v) is 13.0. The largest absolute Gasteiger partial charge is 0.493 e. The topological polar surface area (TPSA) is 228 Å². The predicted molar refractivity (Wildman–Crippen MR) is 182 cm³/mol. The number of aromatic nitrogens is 2. The summed E-state index contributed by atoms with van der Waals surface area (Å²) in [6.07, 6.45) is 9.25. The van der Waals surface area contributed by atoms with Gasteiger partial charge in [0.1, 0.15) is 16.8 Å². The Morgan fingerprint density at radius 1 is 0.980 bits per heavy atom. The Labute approximate surface area is 292 Å². The number of carbonyl (C=O) groups is 4. The van der Waals surface area contributed by atoms with Gasteiger partial charge < -0.3 is 34.6 Å². The number of aryl methyl sites for hydroxylation is 1. The smallest absolute Gasteiger partial charge is 0.328 e. The Morgan fingerprint density at radius 3 is 2.08 bits per heavy atom. The summed E-state index contributed by atoms with van der Waals surface area (Å²) in [6, 6.07) is 6.36. The number of thiazole rings is 1. The van der Waals surface area contributed by atoms with Crippen molar-refractivity contribution in [2.24, 2.45) is 11.8 Å². The summed E-state index contributed by atoms with van der Waals surface area (Å²) in [4.78, 5) is 47.2. The molecular weight excluding hydrogens is 670 g/mol. The van der Waals surface area contributed by atoms with E-state index in [1.807, 2.05) is 5.38 Å². The zero-order valence-corrected chi connectivity index (χ0v) is 28.7. The van der Waals surface area contributed by atoms with Crippen LogP contribution in [0.5, 0.6) is 5.75 Å². The van der Waals surface area contributed by atoms with Crippen LogP contribution in [0.25, 0.3) is 11.0 Å². The molecule has 268 valence electrons. The van der Waals surface area contributed by atoms with E-state index in [1.54, 1.807) is 11.3 Å². The summed E-state index contributed by atoms with van der Waals surface area (Å²) in [5.74, 6) is -2.67. The second kappa shape index (κ2) is 19.8. The first-order chi connectivity index (χ1) is 23.8. The van der Waals surface area contributed by atoms with Gasteiger partial charge in [0.05, 0.1) is 24.4 Å². The Morgan fingerprint density at radius 2 is 1.58 bits per heavy atom. The van der Waals surface area contributed by atoms with E-state index in [-0.39, 0.29) is 0 Å². The van der Waals surface area contributed by atoms with Crippen molar-refractivity contribution in [2.75, 3.05) is 33.8 Å². The molecule has 16 heteroatoms. The highest BCUT2D eigenvalue weighted by Crippen LogP contribution is 2.35. The van der Waals surface area contributed by atoms with Crippen LogP contribution in [0.15, 0.2) is 46.3 Å². The van der Waals surface area contributed by atoms with Gasteiger partial charge in [0.15, 0.2) is 11.3 Å². The number of ether oxygens (including phenoxy) is 1. The van der Waals surface area contributed by atoms with Crippen molar-refractivity contribution in [3.05, 3.63) is 63.8 Å². The zero-order valence-electron chi connectivity index (χ0n) is 27.9. The number of carboxylic acid groups (broad SMARTS) is 4. The number of nitriles is 1. The average Bonchev–Trinajstić information content (AvgIpc) is 3.63. The first-order valence-electron chi connectivity index (χ1n) is 15.9. The molecule has 5 rings (SSSR count). The van der Waals surface area contributed by atoms with Crippen molar-refractivity contribution in [3.63, 3.8) is 0 Å². The molecule has 1 aromatic carbocycles. The summed E-state index contributed by atoms with van der Waals surface area (Å²) < 4.78 is 12.0. The summed E-state index contributed by atoms with van der Waals surface area (Å²) in [5.41, 5.74) is 3.59. The van der Waals surface area contributed by atoms with Gasteiger partial charge in [-0.05, 0) is 89.7 Å². The Bertz CT molecular complexity index is 1650. The molecule has 3 aromatic rings. The minimum atomic E-state index is -1.26. The normalized spacial score (nSPS) is 14.9. The third kappa shape index (κ3) is 14.2. The van der Waals surface area contributed by atoms with Gasteiger partial charge in [-0.1, -0.05) is 5.16 Å². The fourth-order valence-electron chi connectivity index (χ4n) is 5.05. The predicted octanol–water partition coefficient (Wildman–Crippen LogP) is 4.27. The van der Waals surface area contributed by atoms with E-state index in [9.17, 15) is 19.2 Å². The lowest BCUT2D eigenvalue weighted by atomic mass is 9.91. The van der Waals surface area contributed by atoms with E-state index < -0.39 is 23.9 Å². The van der Waals surface area contributed by atoms with E-state index >= 15 is 0 Å². The molecule has 1 aliphatic carbocycles. The minimum absolute atomic E-state index is 0.532. The van der Waals surface area contributed by atoms with Gasteiger partial charge in [-0.3, -0.25) is 4.90 Å². The van der Waals surface area contributed by atoms with Crippen LogP contribution >= 0.6 is 11.3 Å². The molecule has 2 aliphatic rings. The fourth-order valence-corrected chi connectivity index (χ4v) is 5.81. The van der Waals surface area contributed by atoms with Crippen molar-refractivity contribution in [3.8, 4) is 11.8 Å². The number of likely N-dealkylation sites (tertiary alicyclic amines) is 1. The maximum Gasteiger partial charge on any atom is 0.328 e. The molecule has 3 heterocycles. The number of rotatable bonds is 14. The molecule has 50 heavy (non-hydrogen) atoms. The van der Waals surface area contributed by atoms with Crippen LogP contribution in [0.3, 0.4) is 0 Å². The van der Waals surface area contributed by atoms with Crippen molar-refractivity contribution >= 4 is 46.2 Å². The average molecular weight is 712 g/mol. The number of aliphatic carboxylic acids is 4. The van der Waals surface area contributed by atoms with Gasteiger partial charge in [-0.25, -0.2) is 24.2 Å². The van der Waals surface area contributed by atoms with Crippen LogP contribution in [-0.4, -0.2) is 98.0 Å². The molecular formula is C34H41N5O10S. The van der Waals surface area contributed by atoms with Crippen LogP contribution in [0.2, 0.25) is 0 Å². The van der Waals surface area contributed by atoms with Gasteiger partial charge >= 0.3 is 23.9 Å². The van der Waals surface area contributed by atoms with Gasteiger partial charge in [0.2, 0.25) is 0 Å². The Balaban J connectivity index is 0.000000352. The summed E-state index contributed by atoms with van der Waals surface area (Å²) in [7, 11) is 4.15. The van der Waals surface area contributed by atoms with E-state index in [0.29, 0.717) is 35.9 Å². The summed E-state index contributed by atoms with van der Waals surface area (Å²) >= 11 is 1.59. The molecule has 0 amide bonds. The van der Waals surface area contributed by atoms with Gasteiger partial charge in [-0.2, -0.15) is 5.26 Å². The lowest BCUT2D eigenvalue weighted by Crippen LogP contribution is -2.33. The standard InChI is InChI=1S/C26H33N5O2S.2C4H4O4/c1-30(2)14-22-24(32-16-19-3-4-19)8-6-21-23(29-33-26(21)22)7-5-18-9-11-31(12-10-18)15-25-28-20(13-27)17-34-25;2*5-3(6)1-2-4(7)8/h6,8,17-19H,3-5,7,9-12,14-16H2,1-2H3;2*1-2H,(H,5,6)(H,7,8)/b;2*2-1+. The molecule has 0 unspecified atom stereocenters. The number of piperidine rings is 1. The number of hydrogen-bond donors (Lipinski definition) is 4. The molecule has 15 nitrogen and oxygen atoms in total. The molecule has 4 N–H and O–H groups in total. The number of hydrogen-bond acceptors (Lipinski definition) is 12. The Hall–Kier alpha value is -5.11. The van der Waals surface area contributed by atoms with Crippen molar-refractivity contribution < 1.29 is 48.9 Å². The molecule has 0 radical (unpaired) electrons. The lowest BCUT2D eigenvalue weighted by molar-refractivity contribution is -0.134. The van der Waals surface area contributed by atoms with Gasteiger partial charge in [0.25, 0.3) is 0 Å². The number of nitrogens with zero attached hydrogens (tertiary/aromatic N) is 5. The first-order valence-corrected chi connectivity index (χ1v) is 16.7. The summed E-state index contributed by atoms with van der Waals surface area (Å²) in [5, 5.41) is 48.7. The van der Waals surface area contributed by atoms with E-state index in [0.717, 1.165) is 84.5 Å². The quantitative estimate of drug-likeness (QED) is 0.171. The maximum absolute atomic E-state index is 9.55. The van der Waals surface area contributed by atoms with Crippen LogP contribution in [0.1, 0.15) is 54.1 Å². The third-order valence-electron chi connectivity index (χ3n) is 7.68. The van der Waals surface area contributed by atoms with E-state index in [4.69, 9.17) is 34.9 Å². The molecule has 1 saturated heterocycles. The van der Waals surface area contributed by atoms with Crippen LogP contribution in [-0.2, 0) is 38.7 Å². The van der Waals surface area contributed by atoms with E-state index in [1.165, 1.54) is 25.7 Å². The monoisotopic (exact) mass is 711 g/mol. The number of fused-ring (bicyclic) bond motifs is 1. The molecule has 1 aliphatic heterocycles. The highest BCUT2D eigenvalue weighted by molar-refractivity contribution is 7.09. The van der Waals surface area contributed by atoms with Gasteiger partial charge in [-0.15, -0.1) is 11.3 Å². The number of carboxylic acids is 4. The highest BCUT2D eigenvalue weighted by atomic mass is 32.1. The van der Waals surface area contributed by atoms with Crippen LogP contribution in [0.4, 0.5) is 0 Å². The van der Waals surface area contributed by atoms with Crippen molar-refractivity contribution in [2.45, 2.75) is 51.6 Å². The molecule has 0 atom stereocenters. The first kappa shape index (κ1) is 39.3. The maximum atomic E-state index is 9.55. The van der Waals surface area contributed by atoms with E-state index in [2.05, 4.69) is 52.2 Å². The molecule has 0 spiro atoms. The van der Waals surface area contributed by atoms with Gasteiger partial charge in [0, 0.05) is 41.6 Å². The van der Waals surface area contributed by atoms with Crippen LogP contribution in [0, 0.1) is 23.2 Å². The Kier molecular flexibility index (Phi) is 15.6. The molecule has 0 bridgehead atoms. The minimum Gasteiger partial charge on any atom is -0.493 e. The molecule has 2 fully saturated rings. The van der Waals surface area contributed by atoms with Crippen molar-refractivity contribution in [1.29, 1.82) is 5.26 Å². The number of benzene rings is 1. The SMILES string of the molecule is CN(C)Cc1c(OCC2CC2)ccc2c(CCC3CCN(Cc4nc(C#N)cs4)CC3)noc12.O=C(O)/C=C/C(=O)O.O=C(O)/C=C/C(=O)O. The third-order valence-corrected chi connectivity index (χ3v) is 8.51. The molecule has 2 aromatic heterocycles. The second-order valence-electron chi connectivity index (χ2n) is 12.1. The lowest BCUT2D eigenvalue weighted by Gasteiger charge is -2.31. The fraction of sp³-hybridized carbons (Fsp3) is 0.441.